The smallest absolute Gasteiger partial charge is 0.244 e. The Hall–Kier alpha value is 0.170. The predicted molar refractivity (Wildman–Crippen MR) is 26.7 cm³/mol. The molecule has 0 aliphatic carbocycles. The van der Waals surface area contributed by atoms with Crippen molar-refractivity contribution < 1.29 is 10.2 Å². The Labute approximate surface area is 46.7 Å². The minimum Gasteiger partial charge on any atom is -0.353 e. The lowest BCUT2D eigenvalue weighted by molar-refractivity contribution is -0.0872. The second kappa shape index (κ2) is 2.47. The van der Waals surface area contributed by atoms with E-state index in [4.69, 9.17) is 27.5 Å². The lowest BCUT2D eigenvalue weighted by atomic mass is 10.4. The molecule has 4 heteroatoms. The van der Waals surface area contributed by atoms with Gasteiger partial charge in [-0.2, -0.15) is 0 Å². The summed E-state index contributed by atoms with van der Waals surface area (Å²) in [7, 11) is 0. The molecule has 0 aromatic carbocycles. The van der Waals surface area contributed by atoms with Crippen LogP contribution in [0.3, 0.4) is 0 Å². The Morgan fingerprint density at radius 2 is 2.00 bits per heavy atom. The molecular formula is C3H8ClNO2. The lowest BCUT2D eigenvalue weighted by Gasteiger charge is -2.09. The highest BCUT2D eigenvalue weighted by molar-refractivity contribution is 6.21. The zero-order chi connectivity index (χ0) is 5.91. The number of rotatable bonds is 2. The number of hydrogen-bond acceptors (Lipinski definition) is 3. The van der Waals surface area contributed by atoms with Crippen molar-refractivity contribution in [2.45, 2.75) is 11.7 Å². The highest BCUT2D eigenvalue weighted by atomic mass is 35.5. The van der Waals surface area contributed by atoms with E-state index in [1.807, 2.05) is 0 Å². The number of nitrogens with two attached hydrogens (primary N) is 1. The van der Waals surface area contributed by atoms with Crippen LogP contribution in [0.4, 0.5) is 0 Å². The van der Waals surface area contributed by atoms with Crippen LogP contribution in [0, 0.1) is 0 Å². The average Bonchev–Trinajstić information content (AvgIpc) is 1.30. The molecule has 44 valence electrons. The second-order valence-electron chi connectivity index (χ2n) is 1.26. The number of halogens is 1. The highest BCUT2D eigenvalue weighted by Gasteiger charge is 2.15. The second-order valence-corrected chi connectivity index (χ2v) is 1.86. The van der Waals surface area contributed by atoms with Crippen LogP contribution >= 0.6 is 11.6 Å². The number of hydrogen-bond donors (Lipinski definition) is 3. The summed E-state index contributed by atoms with van der Waals surface area (Å²) >= 11 is 4.86. The zero-order valence-electron chi connectivity index (χ0n) is 3.76. The first-order chi connectivity index (χ1) is 3.06. The van der Waals surface area contributed by atoms with Crippen LogP contribution in [0.15, 0.2) is 0 Å². The van der Waals surface area contributed by atoms with Gasteiger partial charge in [-0.1, -0.05) is 11.6 Å². The van der Waals surface area contributed by atoms with Crippen molar-refractivity contribution in [2.75, 3.05) is 6.54 Å². The fraction of sp³-hybridized carbons (Fsp3) is 1.00. The molecular weight excluding hydrogens is 117 g/mol. The first-order valence-electron chi connectivity index (χ1n) is 1.90. The van der Waals surface area contributed by atoms with Gasteiger partial charge in [-0.3, -0.25) is 0 Å². The summed E-state index contributed by atoms with van der Waals surface area (Å²) in [4.78, 5) is 0. The van der Waals surface area contributed by atoms with Gasteiger partial charge in [-0.25, -0.2) is 0 Å². The molecule has 0 heterocycles. The Bertz CT molecular complexity index is 51.4. The van der Waals surface area contributed by atoms with Crippen molar-refractivity contribution >= 4 is 11.6 Å². The topological polar surface area (TPSA) is 66.5 Å². The maximum atomic E-state index is 8.26. The third-order valence-corrected chi connectivity index (χ3v) is 0.651. The molecule has 0 saturated heterocycles. The monoisotopic (exact) mass is 125 g/mol. The normalized spacial score (nSPS) is 12.0. The van der Waals surface area contributed by atoms with E-state index in [0.717, 1.165) is 0 Å². The first-order valence-corrected chi connectivity index (χ1v) is 2.28. The van der Waals surface area contributed by atoms with Crippen molar-refractivity contribution in [3.63, 3.8) is 0 Å². The summed E-state index contributed by atoms with van der Waals surface area (Å²) < 4.78 is 0. The van der Waals surface area contributed by atoms with Crippen LogP contribution in [0.25, 0.3) is 0 Å². The van der Waals surface area contributed by atoms with Crippen LogP contribution in [0.1, 0.15) is 6.42 Å². The molecule has 4 N–H and O–H groups in total. The molecule has 0 amide bonds. The van der Waals surface area contributed by atoms with E-state index in [9.17, 15) is 0 Å². The van der Waals surface area contributed by atoms with E-state index in [1.54, 1.807) is 0 Å². The van der Waals surface area contributed by atoms with Crippen molar-refractivity contribution in [1.29, 1.82) is 0 Å². The average molecular weight is 126 g/mol. The van der Waals surface area contributed by atoms with Crippen LogP contribution in [-0.2, 0) is 0 Å². The summed E-state index contributed by atoms with van der Waals surface area (Å²) in [5.74, 6) is 0. The Kier molecular flexibility index (Phi) is 2.53. The zero-order valence-corrected chi connectivity index (χ0v) is 4.52. The molecule has 0 spiro atoms. The molecule has 0 saturated carbocycles. The SMILES string of the molecule is NCCC(O)(O)Cl. The fourth-order valence-corrected chi connectivity index (χ4v) is 0.293. The molecule has 0 aliphatic heterocycles. The van der Waals surface area contributed by atoms with Crippen LogP contribution in [-0.4, -0.2) is 22.0 Å². The molecule has 0 atom stereocenters. The molecule has 7 heavy (non-hydrogen) atoms. The van der Waals surface area contributed by atoms with E-state index in [2.05, 4.69) is 0 Å². The van der Waals surface area contributed by atoms with Crippen LogP contribution in [0.2, 0.25) is 0 Å². The quantitative estimate of drug-likeness (QED) is 0.335. The number of aliphatic hydroxyl groups is 2. The Morgan fingerprint density at radius 3 is 2.00 bits per heavy atom. The van der Waals surface area contributed by atoms with Crippen molar-refractivity contribution in [1.82, 2.24) is 0 Å². The van der Waals surface area contributed by atoms with Crippen molar-refractivity contribution in [2.24, 2.45) is 5.73 Å². The predicted octanol–water partition coefficient (Wildman–Crippen LogP) is -0.788. The molecule has 0 bridgehead atoms. The van der Waals surface area contributed by atoms with Crippen LogP contribution in [0.5, 0.6) is 0 Å². The molecule has 0 aromatic heterocycles. The van der Waals surface area contributed by atoms with Gasteiger partial charge in [0.25, 0.3) is 0 Å². The van der Waals surface area contributed by atoms with Gasteiger partial charge in [-0.15, -0.1) is 0 Å². The molecule has 0 aliphatic rings. The van der Waals surface area contributed by atoms with Gasteiger partial charge < -0.3 is 15.9 Å². The van der Waals surface area contributed by atoms with Crippen molar-refractivity contribution in [3.8, 4) is 0 Å². The summed E-state index contributed by atoms with van der Waals surface area (Å²) in [5, 5.41) is 14.4. The van der Waals surface area contributed by atoms with Gasteiger partial charge in [0.1, 0.15) is 0 Å². The number of alkyl halides is 1. The first kappa shape index (κ1) is 7.17. The molecule has 0 fully saturated rings. The van der Waals surface area contributed by atoms with E-state index >= 15 is 0 Å². The maximum absolute atomic E-state index is 8.26. The molecule has 0 unspecified atom stereocenters. The lowest BCUT2D eigenvalue weighted by Crippen LogP contribution is -2.23. The summed E-state index contributed by atoms with van der Waals surface area (Å²) in [6.07, 6.45) is -0.00540. The van der Waals surface area contributed by atoms with Gasteiger partial charge in [0, 0.05) is 6.42 Å². The van der Waals surface area contributed by atoms with Gasteiger partial charge in [0.2, 0.25) is 5.25 Å². The third kappa shape index (κ3) is 6.17. The minimum absolute atomic E-state index is 0.00540. The molecule has 0 radical (unpaired) electrons. The molecule has 0 aromatic rings. The van der Waals surface area contributed by atoms with E-state index in [-0.39, 0.29) is 13.0 Å². The van der Waals surface area contributed by atoms with Crippen LogP contribution < -0.4 is 5.73 Å². The standard InChI is InChI=1S/C3H8ClNO2/c4-3(6,7)1-2-5/h6-7H,1-2,5H2. The highest BCUT2D eigenvalue weighted by Crippen LogP contribution is 2.07. The summed E-state index contributed by atoms with van der Waals surface area (Å²) in [6.45, 7) is 0.177. The Balaban J connectivity index is 3.15. The maximum Gasteiger partial charge on any atom is 0.244 e. The van der Waals surface area contributed by atoms with Gasteiger partial charge in [-0.05, 0) is 6.54 Å². The summed E-state index contributed by atoms with van der Waals surface area (Å²) in [6, 6.07) is 0. The van der Waals surface area contributed by atoms with Crippen molar-refractivity contribution in [3.05, 3.63) is 0 Å². The summed E-state index contributed by atoms with van der Waals surface area (Å²) in [5.41, 5.74) is 4.91. The fourth-order valence-electron chi connectivity index (χ4n) is 0.184. The van der Waals surface area contributed by atoms with Gasteiger partial charge in [0.15, 0.2) is 0 Å². The molecule has 3 nitrogen and oxygen atoms in total. The molecule has 0 rings (SSSR count). The minimum atomic E-state index is -2.10. The van der Waals surface area contributed by atoms with E-state index in [0.29, 0.717) is 0 Å². The third-order valence-electron chi connectivity index (χ3n) is 0.462. The van der Waals surface area contributed by atoms with E-state index in [1.165, 1.54) is 0 Å². The Morgan fingerprint density at radius 1 is 1.57 bits per heavy atom. The van der Waals surface area contributed by atoms with Gasteiger partial charge >= 0.3 is 0 Å². The van der Waals surface area contributed by atoms with E-state index < -0.39 is 5.25 Å². The van der Waals surface area contributed by atoms with Gasteiger partial charge in [0.05, 0.1) is 0 Å². The largest absolute Gasteiger partial charge is 0.353 e.